The molecule has 33 heavy (non-hydrogen) atoms. The van der Waals surface area contributed by atoms with Gasteiger partial charge in [0, 0.05) is 33.3 Å². The van der Waals surface area contributed by atoms with Crippen molar-refractivity contribution in [1.29, 1.82) is 0 Å². The fourth-order valence-electron chi connectivity index (χ4n) is 4.29. The van der Waals surface area contributed by atoms with Crippen LogP contribution in [0.15, 0.2) is 66.0 Å². The summed E-state index contributed by atoms with van der Waals surface area (Å²) in [5, 5.41) is 5.56. The van der Waals surface area contributed by atoms with Crippen LogP contribution in [0.5, 0.6) is 5.75 Å². The number of hydrogen-bond acceptors (Lipinski definition) is 4. The number of carbonyl (C=O) groups is 2. The summed E-state index contributed by atoms with van der Waals surface area (Å²) in [5.74, 6) is 0.199. The molecule has 3 aromatic rings. The Labute approximate surface area is 203 Å². The number of nitrogens with one attached hydrogen (secondary N) is 1. The molecule has 2 amide bonds. The molecule has 4 rings (SSSR count). The fourth-order valence-corrected chi connectivity index (χ4v) is 5.22. The Morgan fingerprint density at radius 3 is 2.61 bits per heavy atom. The van der Waals surface area contributed by atoms with E-state index in [4.69, 9.17) is 16.3 Å². The second-order valence-electron chi connectivity index (χ2n) is 8.14. The van der Waals surface area contributed by atoms with Gasteiger partial charge in [0.2, 0.25) is 11.8 Å². The molecule has 0 aliphatic heterocycles. The van der Waals surface area contributed by atoms with Gasteiger partial charge in [-0.15, -0.1) is 11.3 Å². The molecular weight excluding hydrogens is 456 g/mol. The highest BCUT2D eigenvalue weighted by Crippen LogP contribution is 2.35. The summed E-state index contributed by atoms with van der Waals surface area (Å²) in [7, 11) is 1.58. The third-order valence-electron chi connectivity index (χ3n) is 5.91. The lowest BCUT2D eigenvalue weighted by Gasteiger charge is -2.33. The van der Waals surface area contributed by atoms with Crippen LogP contribution >= 0.6 is 22.9 Å². The number of nitrogens with zero attached hydrogens (tertiary/aromatic N) is 1. The van der Waals surface area contributed by atoms with Crippen molar-refractivity contribution in [3.05, 3.63) is 81.5 Å². The van der Waals surface area contributed by atoms with Crippen LogP contribution in [-0.4, -0.2) is 25.0 Å². The molecule has 1 atom stereocenters. The number of ether oxygens (including phenoxy) is 1. The number of amides is 2. The maximum atomic E-state index is 13.7. The van der Waals surface area contributed by atoms with Crippen molar-refractivity contribution in [2.75, 3.05) is 12.0 Å². The van der Waals surface area contributed by atoms with Crippen molar-refractivity contribution < 1.29 is 14.3 Å². The van der Waals surface area contributed by atoms with Crippen molar-refractivity contribution in [2.45, 2.75) is 44.2 Å². The molecule has 1 aliphatic rings. The van der Waals surface area contributed by atoms with Crippen molar-refractivity contribution in [2.24, 2.45) is 0 Å². The molecular formula is C26H27ClN2O3S. The van der Waals surface area contributed by atoms with Gasteiger partial charge in [-0.05, 0) is 42.5 Å². The van der Waals surface area contributed by atoms with E-state index in [9.17, 15) is 9.59 Å². The van der Waals surface area contributed by atoms with E-state index in [2.05, 4.69) is 5.32 Å². The molecule has 7 heteroatoms. The first-order chi connectivity index (χ1) is 16.1. The first kappa shape index (κ1) is 23.3. The fraction of sp³-hybridized carbons (Fsp3) is 0.308. The lowest BCUT2D eigenvalue weighted by molar-refractivity contribution is -0.127. The molecule has 0 radical (unpaired) electrons. The van der Waals surface area contributed by atoms with Crippen molar-refractivity contribution in [1.82, 2.24) is 5.32 Å². The number of rotatable bonds is 8. The van der Waals surface area contributed by atoms with E-state index in [1.807, 2.05) is 53.9 Å². The third kappa shape index (κ3) is 5.57. The van der Waals surface area contributed by atoms with E-state index in [0.29, 0.717) is 22.0 Å². The second kappa shape index (κ2) is 10.9. The maximum Gasteiger partial charge on any atom is 0.248 e. The van der Waals surface area contributed by atoms with Gasteiger partial charge in [-0.1, -0.05) is 54.8 Å². The zero-order valence-corrected chi connectivity index (χ0v) is 20.1. The monoisotopic (exact) mass is 482 g/mol. The van der Waals surface area contributed by atoms with Gasteiger partial charge in [0.05, 0.1) is 13.5 Å². The Hall–Kier alpha value is -2.83. The molecule has 1 saturated carbocycles. The van der Waals surface area contributed by atoms with Crippen LogP contribution in [0.4, 0.5) is 5.69 Å². The largest absolute Gasteiger partial charge is 0.497 e. The van der Waals surface area contributed by atoms with Crippen LogP contribution in [-0.2, 0) is 16.0 Å². The van der Waals surface area contributed by atoms with Crippen LogP contribution in [0.2, 0.25) is 5.02 Å². The summed E-state index contributed by atoms with van der Waals surface area (Å²) >= 11 is 8.09. The standard InChI is InChI=1S/C26H27ClN2O3S/c1-32-20-11-6-10-19(16-20)29(24(30)17-21-12-7-15-33-21)25(22-13-4-5-14-23(22)27)26(31)28-18-8-2-3-9-18/h4-7,10-16,18,25H,2-3,8-9,17H2,1H3,(H,28,31). The first-order valence-corrected chi connectivity index (χ1v) is 12.4. The highest BCUT2D eigenvalue weighted by atomic mass is 35.5. The van der Waals surface area contributed by atoms with Crippen molar-refractivity contribution >= 4 is 40.4 Å². The van der Waals surface area contributed by atoms with Gasteiger partial charge in [0.1, 0.15) is 11.8 Å². The Morgan fingerprint density at radius 1 is 1.12 bits per heavy atom. The predicted molar refractivity (Wildman–Crippen MR) is 133 cm³/mol. The lowest BCUT2D eigenvalue weighted by Crippen LogP contribution is -2.47. The minimum Gasteiger partial charge on any atom is -0.497 e. The molecule has 1 aromatic heterocycles. The topological polar surface area (TPSA) is 58.6 Å². The Balaban J connectivity index is 1.79. The van der Waals surface area contributed by atoms with Gasteiger partial charge in [0.25, 0.3) is 0 Å². The minimum absolute atomic E-state index is 0.113. The first-order valence-electron chi connectivity index (χ1n) is 11.1. The molecule has 1 fully saturated rings. The van der Waals surface area contributed by atoms with Crippen LogP contribution in [0, 0.1) is 0 Å². The lowest BCUT2D eigenvalue weighted by atomic mass is 10.0. The molecule has 0 spiro atoms. The van der Waals surface area contributed by atoms with Crippen LogP contribution in [0.1, 0.15) is 42.2 Å². The molecule has 0 saturated heterocycles. The number of halogens is 1. The number of carbonyl (C=O) groups excluding carboxylic acids is 2. The van der Waals surface area contributed by atoms with Gasteiger partial charge >= 0.3 is 0 Å². The summed E-state index contributed by atoms with van der Waals surface area (Å²) in [6.07, 6.45) is 4.27. The number of benzene rings is 2. The van der Waals surface area contributed by atoms with E-state index in [1.54, 1.807) is 24.1 Å². The van der Waals surface area contributed by atoms with E-state index < -0.39 is 6.04 Å². The van der Waals surface area contributed by atoms with E-state index in [0.717, 1.165) is 30.6 Å². The number of anilines is 1. The quantitative estimate of drug-likeness (QED) is 0.442. The number of methoxy groups -OCH3 is 1. The zero-order chi connectivity index (χ0) is 23.2. The maximum absolute atomic E-state index is 13.7. The Bertz CT molecular complexity index is 1100. The van der Waals surface area contributed by atoms with Gasteiger partial charge < -0.3 is 10.1 Å². The zero-order valence-electron chi connectivity index (χ0n) is 18.5. The molecule has 5 nitrogen and oxygen atoms in total. The molecule has 2 aromatic carbocycles. The second-order valence-corrected chi connectivity index (χ2v) is 9.57. The van der Waals surface area contributed by atoms with E-state index in [1.165, 1.54) is 11.3 Å². The van der Waals surface area contributed by atoms with Crippen LogP contribution < -0.4 is 15.0 Å². The Morgan fingerprint density at radius 2 is 1.91 bits per heavy atom. The molecule has 1 aliphatic carbocycles. The van der Waals surface area contributed by atoms with E-state index in [-0.39, 0.29) is 24.3 Å². The summed E-state index contributed by atoms with van der Waals surface area (Å²) < 4.78 is 5.41. The predicted octanol–water partition coefficient (Wildman–Crippen LogP) is 5.79. The molecule has 172 valence electrons. The number of hydrogen-bond donors (Lipinski definition) is 1. The summed E-state index contributed by atoms with van der Waals surface area (Å²) in [6, 6.07) is 17.5. The smallest absolute Gasteiger partial charge is 0.248 e. The molecule has 0 bridgehead atoms. The summed E-state index contributed by atoms with van der Waals surface area (Å²) in [4.78, 5) is 30.0. The SMILES string of the molecule is COc1cccc(N(C(=O)Cc2cccs2)C(C(=O)NC2CCCC2)c2ccccc2Cl)c1. The van der Waals surface area contributed by atoms with Crippen molar-refractivity contribution in [3.8, 4) is 5.75 Å². The minimum atomic E-state index is -0.904. The van der Waals surface area contributed by atoms with Crippen molar-refractivity contribution in [3.63, 3.8) is 0 Å². The van der Waals surface area contributed by atoms with Gasteiger partial charge in [-0.2, -0.15) is 0 Å². The third-order valence-corrected chi connectivity index (χ3v) is 7.13. The normalized spacial score (nSPS) is 14.6. The average molecular weight is 483 g/mol. The van der Waals surface area contributed by atoms with Gasteiger partial charge in [-0.25, -0.2) is 0 Å². The molecule has 1 unspecified atom stereocenters. The average Bonchev–Trinajstić information content (AvgIpc) is 3.52. The number of thiophene rings is 1. The molecule has 1 heterocycles. The van der Waals surface area contributed by atoms with E-state index >= 15 is 0 Å². The molecule has 1 N–H and O–H groups in total. The van der Waals surface area contributed by atoms with Gasteiger partial charge in [0.15, 0.2) is 0 Å². The van der Waals surface area contributed by atoms with Crippen LogP contribution in [0.3, 0.4) is 0 Å². The summed E-state index contributed by atoms with van der Waals surface area (Å²) in [6.45, 7) is 0. The highest BCUT2D eigenvalue weighted by Gasteiger charge is 2.35. The Kier molecular flexibility index (Phi) is 7.68. The summed E-state index contributed by atoms with van der Waals surface area (Å²) in [5.41, 5.74) is 1.18. The van der Waals surface area contributed by atoms with Gasteiger partial charge in [-0.3, -0.25) is 14.5 Å². The van der Waals surface area contributed by atoms with Crippen LogP contribution in [0.25, 0.3) is 0 Å². The highest BCUT2D eigenvalue weighted by molar-refractivity contribution is 7.10.